The standard InChI is InChI=1S/C77H126N15O22P/c1-16-50(8)67(91(13)75(101)65(48(4)5)88-74(100)66(49(6)7)90(11)12)60(106-14)45-63(95)92-34-21-25-59(92)68(107-15)51(9)70(96)82-52(10)69(54-22-18-17-19-23-54)114-115(104,105)113-46-53-26-28-55(29-27-53)83-71(97)56(24-20-32-80-77(78)103)86-73(99)64(47(2)3)87-72(98)58(44-62(94)84-57-30-36-112-76(57)102)85-61(93)31-35-108-38-40-110-42-43-111-41-39-109-37-33-81-89-79/h17-19,22-23,26-29,47-52,56-60,64-69H,16,20-21,24-25,30-46H2,1-15H3,(H,82,96)(H,83,97)(H,84,94)(H,85,93)(H,86,99)(H,87,98)(H,88,100)(H,104,105)(H3,78,80,103)/t50-,51+,52+,56-,57-,58-,59-,60+,64-,65-,66-,67-,68+,69+/m0/s1. The number of carbonyl (C=O) groups excluding carboxylic acids is 11. The Morgan fingerprint density at radius 1 is 0.713 bits per heavy atom. The highest BCUT2D eigenvalue weighted by atomic mass is 31.2. The number of nitrogens with one attached hydrogen (secondary N) is 8. The molecule has 11 amide bonds. The first-order valence-corrected chi connectivity index (χ1v) is 40.8. The predicted octanol–water partition coefficient (Wildman–Crippen LogP) is 4.30. The lowest BCUT2D eigenvalue weighted by Crippen LogP contribution is -2.59. The average Bonchev–Trinajstić information content (AvgIpc) is 1.79. The number of nitrogens with two attached hydrogens (primary N) is 1. The highest BCUT2D eigenvalue weighted by molar-refractivity contribution is 7.47. The van der Waals surface area contributed by atoms with Crippen LogP contribution < -0.4 is 48.3 Å². The van der Waals surface area contributed by atoms with Gasteiger partial charge in [-0.15, -0.1) is 0 Å². The molecule has 646 valence electrons. The number of anilines is 1. The Kier molecular flexibility index (Phi) is 44.4. The smallest absolute Gasteiger partial charge is 0.464 e. The maximum Gasteiger partial charge on any atom is 0.473 e. The molecular weight excluding hydrogens is 1520 g/mol. The zero-order valence-electron chi connectivity index (χ0n) is 69.3. The molecule has 15 atom stereocenters. The van der Waals surface area contributed by atoms with Gasteiger partial charge in [0.15, 0.2) is 0 Å². The maximum atomic E-state index is 14.7. The Bertz CT molecular complexity index is 3500. The van der Waals surface area contributed by atoms with Crippen LogP contribution in [-0.4, -0.2) is 266 Å². The SMILES string of the molecule is CC[C@H](C)[C@@H]([C@@H](CC(=O)N1CCC[C@H]1[C@H](OC)[C@@H](C)C(=O)N[C@H](C)[C@@H](OP(=O)(O)OCc1ccc(NC(=O)[C@H](CCCNC(N)=O)NC(=O)[C@@H](NC(=O)[C@H](CC(=O)N[C@H]2CCOC2=O)NC(=O)CCOCCOCCOCCOCCN=[N+]=[N-])C(C)C)cc1)c1ccccc1)OC)N(C)C(=O)[C@@H](NC(=O)[C@H](C(C)C)N(C)C)C(C)C. The van der Waals surface area contributed by atoms with E-state index in [1.54, 1.807) is 74.9 Å². The molecule has 0 saturated carbocycles. The van der Waals surface area contributed by atoms with Crippen molar-refractivity contribution in [1.82, 2.24) is 51.9 Å². The minimum Gasteiger partial charge on any atom is -0.464 e. The number of benzene rings is 2. The summed E-state index contributed by atoms with van der Waals surface area (Å²) >= 11 is 0. The highest BCUT2D eigenvalue weighted by Crippen LogP contribution is 2.49. The lowest BCUT2D eigenvalue weighted by molar-refractivity contribution is -0.148. The molecule has 115 heavy (non-hydrogen) atoms. The summed E-state index contributed by atoms with van der Waals surface area (Å²) in [6.45, 7) is 19.9. The number of likely N-dealkylation sites (N-methyl/N-ethyl adjacent to an activating group) is 2. The summed E-state index contributed by atoms with van der Waals surface area (Å²) in [4.78, 5) is 169. The average molecular weight is 1640 g/mol. The van der Waals surface area contributed by atoms with Crippen LogP contribution in [0.15, 0.2) is 59.7 Å². The quantitative estimate of drug-likeness (QED) is 0.0110. The number of likely N-dealkylation sites (tertiary alicyclic amines) is 1. The monoisotopic (exact) mass is 1640 g/mol. The van der Waals surface area contributed by atoms with Gasteiger partial charge in [-0.3, -0.25) is 57.1 Å². The molecule has 2 aromatic rings. The van der Waals surface area contributed by atoms with E-state index in [2.05, 4.69) is 52.6 Å². The van der Waals surface area contributed by atoms with Gasteiger partial charge in [-0.1, -0.05) is 116 Å². The van der Waals surface area contributed by atoms with Crippen molar-refractivity contribution < 1.29 is 104 Å². The molecule has 1 unspecified atom stereocenters. The van der Waals surface area contributed by atoms with Gasteiger partial charge < -0.3 is 96.1 Å². The number of hydrogen-bond donors (Lipinski definition) is 10. The Morgan fingerprint density at radius 2 is 1.33 bits per heavy atom. The Morgan fingerprint density at radius 3 is 1.89 bits per heavy atom. The molecule has 2 aromatic carbocycles. The number of ether oxygens (including phenoxy) is 7. The molecule has 2 fully saturated rings. The van der Waals surface area contributed by atoms with E-state index in [1.807, 2.05) is 60.5 Å². The van der Waals surface area contributed by atoms with Crippen molar-refractivity contribution in [2.24, 2.45) is 40.4 Å². The molecule has 0 spiro atoms. The molecule has 2 aliphatic rings. The van der Waals surface area contributed by atoms with Crippen LogP contribution in [0.25, 0.3) is 10.4 Å². The van der Waals surface area contributed by atoms with Crippen LogP contribution in [0.5, 0.6) is 0 Å². The summed E-state index contributed by atoms with van der Waals surface area (Å²) in [6.07, 6.45) is -1.85. The molecule has 2 aliphatic heterocycles. The van der Waals surface area contributed by atoms with E-state index >= 15 is 0 Å². The van der Waals surface area contributed by atoms with E-state index in [-0.39, 0.29) is 133 Å². The molecule has 0 aliphatic carbocycles. The number of esters is 1. The number of phosphoric acid groups is 1. The number of nitrogens with zero attached hydrogens (tertiary/aromatic N) is 6. The van der Waals surface area contributed by atoms with Gasteiger partial charge in [-0.25, -0.2) is 14.2 Å². The molecule has 0 radical (unpaired) electrons. The van der Waals surface area contributed by atoms with Gasteiger partial charge in [-0.2, -0.15) is 0 Å². The second-order valence-corrected chi connectivity index (χ2v) is 31.3. The van der Waals surface area contributed by atoms with E-state index in [9.17, 15) is 62.2 Å². The Balaban J connectivity index is 1.42. The summed E-state index contributed by atoms with van der Waals surface area (Å²) in [5.74, 6) is -7.98. The number of amides is 11. The first kappa shape index (κ1) is 98.9. The summed E-state index contributed by atoms with van der Waals surface area (Å²) in [6, 6.07) is 4.85. The van der Waals surface area contributed by atoms with Crippen LogP contribution in [0.1, 0.15) is 144 Å². The van der Waals surface area contributed by atoms with Gasteiger partial charge >= 0.3 is 19.8 Å². The molecule has 2 saturated heterocycles. The normalized spacial score (nSPS) is 17.8. The van der Waals surface area contributed by atoms with Crippen molar-refractivity contribution in [3.63, 3.8) is 0 Å². The lowest BCUT2D eigenvalue weighted by atomic mass is 9.89. The van der Waals surface area contributed by atoms with Crippen molar-refractivity contribution in [1.29, 1.82) is 0 Å². The van der Waals surface area contributed by atoms with E-state index in [1.165, 1.54) is 38.5 Å². The fourth-order valence-electron chi connectivity index (χ4n) is 13.6. The zero-order valence-corrected chi connectivity index (χ0v) is 70.2. The van der Waals surface area contributed by atoms with Gasteiger partial charge in [0, 0.05) is 64.3 Å². The number of hydrogen-bond acceptors (Lipinski definition) is 23. The summed E-state index contributed by atoms with van der Waals surface area (Å²) in [7, 11) is 3.30. The Labute approximate surface area is 674 Å². The number of rotatable bonds is 55. The fraction of sp³-hybridized carbons (Fsp3) is 0.701. The number of primary amides is 1. The minimum atomic E-state index is -4.99. The van der Waals surface area contributed by atoms with Crippen LogP contribution >= 0.6 is 7.82 Å². The van der Waals surface area contributed by atoms with Gasteiger partial charge in [0.1, 0.15) is 36.3 Å². The molecule has 0 bridgehead atoms. The van der Waals surface area contributed by atoms with Gasteiger partial charge in [0.2, 0.25) is 53.2 Å². The third kappa shape index (κ3) is 34.0. The van der Waals surface area contributed by atoms with Crippen molar-refractivity contribution >= 4 is 78.7 Å². The van der Waals surface area contributed by atoms with Crippen LogP contribution in [-0.2, 0) is 101 Å². The summed E-state index contributed by atoms with van der Waals surface area (Å²) < 4.78 is 64.2. The first-order valence-electron chi connectivity index (χ1n) is 39.3. The van der Waals surface area contributed by atoms with Gasteiger partial charge in [0.05, 0.1) is 121 Å². The van der Waals surface area contributed by atoms with Crippen molar-refractivity contribution in [2.75, 3.05) is 120 Å². The van der Waals surface area contributed by atoms with Crippen LogP contribution in [0.4, 0.5) is 10.5 Å². The van der Waals surface area contributed by atoms with Crippen molar-refractivity contribution in [3.8, 4) is 0 Å². The van der Waals surface area contributed by atoms with Crippen LogP contribution in [0.2, 0.25) is 0 Å². The number of phosphoric ester groups is 1. The molecule has 11 N–H and O–H groups in total. The van der Waals surface area contributed by atoms with Gasteiger partial charge in [-0.05, 0) is 99.2 Å². The molecule has 4 rings (SSSR count). The maximum absolute atomic E-state index is 14.7. The highest BCUT2D eigenvalue weighted by Gasteiger charge is 2.45. The third-order valence-corrected chi connectivity index (χ3v) is 20.9. The second kappa shape index (κ2) is 51.6. The largest absolute Gasteiger partial charge is 0.473 e. The third-order valence-electron chi connectivity index (χ3n) is 19.9. The molecule has 37 nitrogen and oxygen atoms in total. The van der Waals surface area contributed by atoms with E-state index in [0.717, 1.165) is 0 Å². The number of carbonyl (C=O) groups is 11. The predicted molar refractivity (Wildman–Crippen MR) is 424 cm³/mol. The number of cyclic esters (lactones) is 1. The molecular formula is C77H126N15O22P. The van der Waals surface area contributed by atoms with E-state index in [0.29, 0.717) is 50.1 Å². The minimum absolute atomic E-state index is 0.00725. The van der Waals surface area contributed by atoms with Crippen molar-refractivity contribution in [3.05, 3.63) is 76.2 Å². The topological polar surface area (TPSA) is 489 Å². The number of azide groups is 1. The van der Waals surface area contributed by atoms with Gasteiger partial charge in [0.25, 0.3) is 0 Å². The molecule has 2 heterocycles. The van der Waals surface area contributed by atoms with E-state index in [4.69, 9.17) is 53.5 Å². The van der Waals surface area contributed by atoms with Crippen LogP contribution in [0.3, 0.4) is 0 Å². The zero-order chi connectivity index (χ0) is 85.5. The first-order chi connectivity index (χ1) is 54.6. The number of urea groups is 1. The lowest BCUT2D eigenvalue weighted by Gasteiger charge is -2.41. The Hall–Kier alpha value is -8.45. The fourth-order valence-corrected chi connectivity index (χ4v) is 14.6. The van der Waals surface area contributed by atoms with Crippen LogP contribution in [0, 0.1) is 29.6 Å². The van der Waals surface area contributed by atoms with Crippen molar-refractivity contribution in [2.45, 2.75) is 206 Å². The second-order valence-electron chi connectivity index (χ2n) is 29.9. The molecule has 38 heteroatoms. The van der Waals surface area contributed by atoms with E-state index < -0.39 is 153 Å². The number of methoxy groups -OCH3 is 2. The molecule has 0 aromatic heterocycles. The summed E-state index contributed by atoms with van der Waals surface area (Å²) in [5.41, 5.74) is 14.6. The summed E-state index contributed by atoms with van der Waals surface area (Å²) in [5, 5.41) is 24.8.